The van der Waals surface area contributed by atoms with Crippen LogP contribution in [0.25, 0.3) is 0 Å². The second-order valence-corrected chi connectivity index (χ2v) is 5.06. The van der Waals surface area contributed by atoms with Crippen molar-refractivity contribution in [3.05, 3.63) is 29.1 Å². The molecule has 19 heavy (non-hydrogen) atoms. The van der Waals surface area contributed by atoms with Crippen LogP contribution in [0.5, 0.6) is 0 Å². The van der Waals surface area contributed by atoms with Gasteiger partial charge < -0.3 is 5.32 Å². The van der Waals surface area contributed by atoms with E-state index < -0.39 is 0 Å². The number of rotatable bonds is 6. The lowest BCUT2D eigenvalue weighted by molar-refractivity contribution is 0.430. The van der Waals surface area contributed by atoms with Gasteiger partial charge in [-0.25, -0.2) is 4.98 Å². The summed E-state index contributed by atoms with van der Waals surface area (Å²) in [6, 6.07) is 0.328. The van der Waals surface area contributed by atoms with Crippen LogP contribution < -0.4 is 5.32 Å². The first-order valence-electron chi connectivity index (χ1n) is 6.33. The number of hydrogen-bond acceptors (Lipinski definition) is 4. The second kappa shape index (κ2) is 6.16. The Kier molecular flexibility index (Phi) is 4.55. The molecule has 1 atom stereocenters. The molecular weight excluding hydrogens is 264 g/mol. The van der Waals surface area contributed by atoms with Gasteiger partial charge in [-0.15, -0.1) is 0 Å². The van der Waals surface area contributed by atoms with Gasteiger partial charge in [0.25, 0.3) is 0 Å². The summed E-state index contributed by atoms with van der Waals surface area (Å²) in [5, 5.41) is 12.7. The van der Waals surface area contributed by atoms with Gasteiger partial charge in [0.05, 0.1) is 29.5 Å². The largest absolute Gasteiger partial charge is 0.311 e. The average Bonchev–Trinajstić information content (AvgIpc) is 2.95. The summed E-state index contributed by atoms with van der Waals surface area (Å²) in [4.78, 5) is 3.92. The van der Waals surface area contributed by atoms with Crippen LogP contribution in [0.1, 0.15) is 18.3 Å². The first-order valence-corrected chi connectivity index (χ1v) is 6.71. The Labute approximate surface area is 117 Å². The quantitative estimate of drug-likeness (QED) is 0.871. The molecule has 0 spiro atoms. The lowest BCUT2D eigenvalue weighted by Gasteiger charge is -2.13. The molecule has 0 aromatic carbocycles. The summed E-state index contributed by atoms with van der Waals surface area (Å²) in [6.45, 7) is 8.48. The average molecular weight is 283 g/mol. The fraction of sp³-hybridized carbons (Fsp3) is 0.583. The van der Waals surface area contributed by atoms with Crippen LogP contribution in [0.3, 0.4) is 0 Å². The molecule has 7 heteroatoms. The smallest absolute Gasteiger partial charge is 0.137 e. The first kappa shape index (κ1) is 14.0. The van der Waals surface area contributed by atoms with Crippen LogP contribution in [0.4, 0.5) is 0 Å². The van der Waals surface area contributed by atoms with Gasteiger partial charge in [-0.1, -0.05) is 11.6 Å². The third-order valence-electron chi connectivity index (χ3n) is 3.04. The summed E-state index contributed by atoms with van der Waals surface area (Å²) in [7, 11) is 0. The number of hydrogen-bond donors (Lipinski definition) is 1. The molecule has 2 heterocycles. The Morgan fingerprint density at radius 2 is 2.21 bits per heavy atom. The van der Waals surface area contributed by atoms with Crippen molar-refractivity contribution in [2.24, 2.45) is 0 Å². The molecule has 0 aliphatic rings. The number of aromatic nitrogens is 5. The third kappa shape index (κ3) is 3.54. The zero-order valence-corrected chi connectivity index (χ0v) is 12.2. The Morgan fingerprint density at radius 1 is 1.42 bits per heavy atom. The van der Waals surface area contributed by atoms with E-state index in [-0.39, 0.29) is 0 Å². The maximum absolute atomic E-state index is 6.11. The highest BCUT2D eigenvalue weighted by atomic mass is 35.5. The molecule has 2 aromatic heterocycles. The summed E-state index contributed by atoms with van der Waals surface area (Å²) in [5.41, 5.74) is 1.90. The predicted molar refractivity (Wildman–Crippen MR) is 74.2 cm³/mol. The van der Waals surface area contributed by atoms with Crippen LogP contribution in [-0.2, 0) is 13.1 Å². The predicted octanol–water partition coefficient (Wildman–Crippen LogP) is 1.42. The maximum atomic E-state index is 6.11. The molecular formula is C12H19ClN6. The highest BCUT2D eigenvalue weighted by molar-refractivity contribution is 6.31. The van der Waals surface area contributed by atoms with E-state index in [1.807, 2.05) is 23.2 Å². The molecule has 0 saturated heterocycles. The topological polar surface area (TPSA) is 60.6 Å². The minimum absolute atomic E-state index is 0.328. The van der Waals surface area contributed by atoms with Crippen LogP contribution in [-0.4, -0.2) is 37.1 Å². The van der Waals surface area contributed by atoms with E-state index in [0.29, 0.717) is 6.04 Å². The molecule has 2 rings (SSSR count). The molecule has 0 bridgehead atoms. The van der Waals surface area contributed by atoms with Gasteiger partial charge >= 0.3 is 0 Å². The summed E-state index contributed by atoms with van der Waals surface area (Å²) >= 11 is 6.11. The fourth-order valence-corrected chi connectivity index (χ4v) is 2.12. The van der Waals surface area contributed by atoms with Crippen molar-refractivity contribution in [1.82, 2.24) is 29.9 Å². The van der Waals surface area contributed by atoms with E-state index in [2.05, 4.69) is 27.4 Å². The fourth-order valence-electron chi connectivity index (χ4n) is 1.98. The van der Waals surface area contributed by atoms with Crippen molar-refractivity contribution in [2.45, 2.75) is 39.9 Å². The molecule has 0 amide bonds. The van der Waals surface area contributed by atoms with Crippen LogP contribution in [0.2, 0.25) is 5.02 Å². The minimum Gasteiger partial charge on any atom is -0.311 e. The highest BCUT2D eigenvalue weighted by Gasteiger charge is 2.09. The SMILES string of the molecule is Cc1nn(CCN[C@@H](C)Cn2cncn2)c(C)c1Cl. The minimum atomic E-state index is 0.328. The van der Waals surface area contributed by atoms with Crippen molar-refractivity contribution < 1.29 is 0 Å². The summed E-state index contributed by atoms with van der Waals surface area (Å²) < 4.78 is 3.75. The molecule has 0 aliphatic carbocycles. The molecule has 104 valence electrons. The lowest BCUT2D eigenvalue weighted by atomic mass is 10.3. The van der Waals surface area contributed by atoms with Crippen LogP contribution >= 0.6 is 11.6 Å². The first-order chi connectivity index (χ1) is 9.08. The Balaban J connectivity index is 1.78. The van der Waals surface area contributed by atoms with Crippen molar-refractivity contribution in [3.63, 3.8) is 0 Å². The molecule has 0 radical (unpaired) electrons. The zero-order chi connectivity index (χ0) is 13.8. The van der Waals surface area contributed by atoms with Gasteiger partial charge in [-0.2, -0.15) is 10.2 Å². The summed E-state index contributed by atoms with van der Waals surface area (Å²) in [5.74, 6) is 0. The molecule has 6 nitrogen and oxygen atoms in total. The van der Waals surface area contributed by atoms with E-state index in [1.165, 1.54) is 0 Å². The van der Waals surface area contributed by atoms with E-state index in [0.717, 1.165) is 36.0 Å². The molecule has 0 saturated carbocycles. The number of halogens is 1. The summed E-state index contributed by atoms with van der Waals surface area (Å²) in [6.07, 6.45) is 3.27. The van der Waals surface area contributed by atoms with Gasteiger partial charge in [0, 0.05) is 12.6 Å². The van der Waals surface area contributed by atoms with E-state index in [1.54, 1.807) is 12.7 Å². The second-order valence-electron chi connectivity index (χ2n) is 4.68. The standard InChI is InChI=1S/C12H19ClN6/c1-9(6-18-8-14-7-16-18)15-4-5-19-11(3)12(13)10(2)17-19/h7-9,15H,4-6H2,1-3H3/t9-/m0/s1. The van der Waals surface area contributed by atoms with Gasteiger partial charge in [0.15, 0.2) is 0 Å². The zero-order valence-electron chi connectivity index (χ0n) is 11.5. The van der Waals surface area contributed by atoms with Gasteiger partial charge in [-0.3, -0.25) is 9.36 Å². The van der Waals surface area contributed by atoms with Crippen molar-refractivity contribution in [1.29, 1.82) is 0 Å². The van der Waals surface area contributed by atoms with Crippen molar-refractivity contribution >= 4 is 11.6 Å². The van der Waals surface area contributed by atoms with E-state index in [4.69, 9.17) is 11.6 Å². The number of nitrogens with one attached hydrogen (secondary N) is 1. The Bertz CT molecular complexity index is 519. The monoisotopic (exact) mass is 282 g/mol. The lowest BCUT2D eigenvalue weighted by Crippen LogP contribution is -2.33. The van der Waals surface area contributed by atoms with Crippen molar-refractivity contribution in [3.8, 4) is 0 Å². The van der Waals surface area contributed by atoms with Crippen LogP contribution in [0, 0.1) is 13.8 Å². The molecule has 0 aliphatic heterocycles. The Hall–Kier alpha value is -1.40. The van der Waals surface area contributed by atoms with Crippen LogP contribution in [0.15, 0.2) is 12.7 Å². The molecule has 2 aromatic rings. The maximum Gasteiger partial charge on any atom is 0.137 e. The van der Waals surface area contributed by atoms with E-state index in [9.17, 15) is 0 Å². The normalized spacial score (nSPS) is 12.8. The highest BCUT2D eigenvalue weighted by Crippen LogP contribution is 2.18. The van der Waals surface area contributed by atoms with Gasteiger partial charge in [0.2, 0.25) is 0 Å². The number of aryl methyl sites for hydroxylation is 1. The Morgan fingerprint density at radius 3 is 2.79 bits per heavy atom. The van der Waals surface area contributed by atoms with Gasteiger partial charge in [0.1, 0.15) is 12.7 Å². The van der Waals surface area contributed by atoms with E-state index >= 15 is 0 Å². The molecule has 1 N–H and O–H groups in total. The number of nitrogens with zero attached hydrogens (tertiary/aromatic N) is 5. The third-order valence-corrected chi connectivity index (χ3v) is 3.58. The van der Waals surface area contributed by atoms with Crippen molar-refractivity contribution in [2.75, 3.05) is 6.54 Å². The molecule has 0 unspecified atom stereocenters. The molecule has 0 fully saturated rings. The van der Waals surface area contributed by atoms with Gasteiger partial charge in [-0.05, 0) is 20.8 Å².